The third-order valence-corrected chi connectivity index (χ3v) is 9.36. The Hall–Kier alpha value is -1.58. The van der Waals surface area contributed by atoms with E-state index in [1.54, 1.807) is 18.2 Å². The van der Waals surface area contributed by atoms with Gasteiger partial charge in [-0.15, -0.1) is 0 Å². The third-order valence-electron chi connectivity index (χ3n) is 6.88. The molecule has 0 amide bonds. The van der Waals surface area contributed by atoms with E-state index >= 15 is 0 Å². The number of aromatic nitrogens is 2. The molecule has 0 bridgehead atoms. The highest BCUT2D eigenvalue weighted by Crippen LogP contribution is 2.36. The summed E-state index contributed by atoms with van der Waals surface area (Å²) in [6.07, 6.45) is 4.16. The molecule has 1 saturated carbocycles. The van der Waals surface area contributed by atoms with Crippen LogP contribution < -0.4 is 0 Å². The quantitative estimate of drug-likeness (QED) is 0.618. The lowest BCUT2D eigenvalue weighted by Gasteiger charge is -2.38. The maximum absolute atomic E-state index is 13.2. The fraction of sp³-hybridized carbons (Fsp3) is 0.682. The average Bonchev–Trinajstić information content (AvgIpc) is 3.22. The Morgan fingerprint density at radius 3 is 2.61 bits per heavy atom. The number of benzene rings is 1. The van der Waals surface area contributed by atoms with Gasteiger partial charge in [-0.3, -0.25) is 4.79 Å². The Bertz CT molecular complexity index is 1030. The Morgan fingerprint density at radius 1 is 1.16 bits per heavy atom. The molecule has 1 saturated heterocycles. The van der Waals surface area contributed by atoms with Gasteiger partial charge in [-0.1, -0.05) is 33.3 Å². The van der Waals surface area contributed by atoms with Gasteiger partial charge in [0.25, 0.3) is 0 Å². The van der Waals surface area contributed by atoms with Crippen LogP contribution in [0.5, 0.6) is 0 Å². The minimum Gasteiger partial charge on any atom is -0.462 e. The molecule has 0 spiro atoms. The molecule has 7 nitrogen and oxygen atoms in total. The van der Waals surface area contributed by atoms with E-state index in [2.05, 4.69) is 29.5 Å². The molecule has 1 aliphatic heterocycles. The van der Waals surface area contributed by atoms with Gasteiger partial charge in [0.1, 0.15) is 22.0 Å². The zero-order valence-electron chi connectivity index (χ0n) is 18.4. The van der Waals surface area contributed by atoms with Gasteiger partial charge in [0.15, 0.2) is 0 Å². The van der Waals surface area contributed by atoms with Gasteiger partial charge in [0.05, 0.1) is 17.6 Å². The predicted octanol–water partition coefficient (Wildman–Crippen LogP) is 4.10. The molecule has 170 valence electrons. The summed E-state index contributed by atoms with van der Waals surface area (Å²) in [5, 5.41) is 0. The fourth-order valence-electron chi connectivity index (χ4n) is 4.96. The van der Waals surface area contributed by atoms with Gasteiger partial charge in [0.2, 0.25) is 10.0 Å². The molecule has 9 heteroatoms. The van der Waals surface area contributed by atoms with E-state index in [0.717, 1.165) is 24.6 Å². The van der Waals surface area contributed by atoms with Crippen molar-refractivity contribution in [3.05, 3.63) is 18.2 Å². The lowest BCUT2D eigenvalue weighted by Crippen LogP contribution is -2.42. The molecule has 0 N–H and O–H groups in total. The van der Waals surface area contributed by atoms with Crippen LogP contribution in [0.25, 0.3) is 11.0 Å². The number of esters is 1. The maximum atomic E-state index is 13.2. The molecule has 1 aliphatic carbocycles. The van der Waals surface area contributed by atoms with Gasteiger partial charge in [0, 0.05) is 13.1 Å². The van der Waals surface area contributed by atoms with Crippen LogP contribution in [-0.4, -0.2) is 46.6 Å². The van der Waals surface area contributed by atoms with E-state index in [0.29, 0.717) is 54.7 Å². The normalized spacial score (nSPS) is 26.4. The highest BCUT2D eigenvalue weighted by atomic mass is 32.2. The topological polar surface area (TPSA) is 89.5 Å². The molecule has 2 aliphatic rings. The smallest absolute Gasteiger partial charge is 0.309 e. The van der Waals surface area contributed by atoms with E-state index in [9.17, 15) is 13.2 Å². The molecule has 4 rings (SSSR count). The first-order chi connectivity index (χ1) is 14.8. The van der Waals surface area contributed by atoms with Crippen molar-refractivity contribution in [2.24, 2.45) is 23.7 Å². The van der Waals surface area contributed by atoms with Crippen LogP contribution in [0.3, 0.4) is 0 Å². The molecule has 0 radical (unpaired) electrons. The Labute approximate surface area is 188 Å². The Balaban J connectivity index is 1.40. The summed E-state index contributed by atoms with van der Waals surface area (Å²) in [5.74, 6) is 1.07. The first-order valence-corrected chi connectivity index (χ1v) is 13.4. The van der Waals surface area contributed by atoms with Crippen LogP contribution in [0.4, 0.5) is 0 Å². The van der Waals surface area contributed by atoms with Crippen LogP contribution in [0.2, 0.25) is 0 Å². The number of piperidine rings is 1. The number of hydrogen-bond acceptors (Lipinski definition) is 7. The van der Waals surface area contributed by atoms with Crippen LogP contribution in [-0.2, 0) is 19.6 Å². The number of ether oxygens (including phenoxy) is 1. The first kappa shape index (κ1) is 22.6. The van der Waals surface area contributed by atoms with Crippen LogP contribution in [0.15, 0.2) is 23.1 Å². The summed E-state index contributed by atoms with van der Waals surface area (Å²) in [6.45, 7) is 7.24. The van der Waals surface area contributed by atoms with Crippen LogP contribution >= 0.6 is 11.7 Å². The monoisotopic (exact) mass is 465 g/mol. The van der Waals surface area contributed by atoms with E-state index in [1.165, 1.54) is 10.7 Å². The molecule has 0 unspecified atom stereocenters. The lowest BCUT2D eigenvalue weighted by atomic mass is 9.75. The van der Waals surface area contributed by atoms with Crippen molar-refractivity contribution in [3.63, 3.8) is 0 Å². The van der Waals surface area contributed by atoms with Gasteiger partial charge in [-0.25, -0.2) is 8.42 Å². The second-order valence-corrected chi connectivity index (χ2v) is 11.8. The maximum Gasteiger partial charge on any atom is 0.309 e. The van der Waals surface area contributed by atoms with Crippen molar-refractivity contribution in [1.29, 1.82) is 0 Å². The standard InChI is InChI=1S/C22H31N3O4S2/c1-14(2)17-8-7-15(3)13-19(17)29-22(26)16-9-11-25(12-10-16)31(27,28)20-6-4-5-18-21(20)24-30-23-18/h4-6,14-17,19H,7-13H2,1-3H3/t15-,17+,19-/m1/s1. The minimum absolute atomic E-state index is 0.0206. The number of nitrogens with zero attached hydrogens (tertiary/aromatic N) is 3. The molecular weight excluding hydrogens is 434 g/mol. The zero-order chi connectivity index (χ0) is 22.2. The fourth-order valence-corrected chi connectivity index (χ4v) is 7.18. The van der Waals surface area contributed by atoms with E-state index in [-0.39, 0.29) is 22.9 Å². The van der Waals surface area contributed by atoms with Gasteiger partial charge < -0.3 is 4.74 Å². The molecule has 1 aromatic heterocycles. The summed E-state index contributed by atoms with van der Waals surface area (Å²) in [4.78, 5) is 13.1. The molecule has 31 heavy (non-hydrogen) atoms. The van der Waals surface area contributed by atoms with Crippen molar-refractivity contribution in [2.45, 2.75) is 63.9 Å². The Morgan fingerprint density at radius 2 is 1.90 bits per heavy atom. The largest absolute Gasteiger partial charge is 0.462 e. The molecule has 1 aromatic carbocycles. The minimum atomic E-state index is -3.68. The van der Waals surface area contributed by atoms with Crippen molar-refractivity contribution in [1.82, 2.24) is 13.1 Å². The third kappa shape index (κ3) is 4.64. The number of fused-ring (bicyclic) bond motifs is 1. The Kier molecular flexibility index (Phi) is 6.65. The molecular formula is C22H31N3O4S2. The summed E-state index contributed by atoms with van der Waals surface area (Å²) in [6, 6.07) is 5.03. The summed E-state index contributed by atoms with van der Waals surface area (Å²) < 4.78 is 42.2. The number of carbonyl (C=O) groups excluding carboxylic acids is 1. The summed E-state index contributed by atoms with van der Waals surface area (Å²) in [5.41, 5.74) is 1.01. The number of sulfonamides is 1. The van der Waals surface area contributed by atoms with E-state index in [1.807, 2.05) is 0 Å². The van der Waals surface area contributed by atoms with E-state index < -0.39 is 10.0 Å². The second kappa shape index (κ2) is 9.11. The highest BCUT2D eigenvalue weighted by molar-refractivity contribution is 7.89. The summed E-state index contributed by atoms with van der Waals surface area (Å²) >= 11 is 1.01. The molecule has 2 heterocycles. The zero-order valence-corrected chi connectivity index (χ0v) is 20.0. The average molecular weight is 466 g/mol. The number of carbonyl (C=O) groups is 1. The SMILES string of the molecule is CC(C)[C@@H]1CC[C@@H](C)C[C@H]1OC(=O)C1CCN(S(=O)(=O)c2cccc3nsnc23)CC1. The van der Waals surface area contributed by atoms with Crippen molar-refractivity contribution < 1.29 is 17.9 Å². The van der Waals surface area contributed by atoms with Crippen molar-refractivity contribution >= 4 is 38.8 Å². The number of hydrogen-bond donors (Lipinski definition) is 0. The molecule has 2 fully saturated rings. The first-order valence-electron chi connectivity index (χ1n) is 11.2. The van der Waals surface area contributed by atoms with E-state index in [4.69, 9.17) is 4.74 Å². The van der Waals surface area contributed by atoms with Gasteiger partial charge >= 0.3 is 5.97 Å². The second-order valence-electron chi connectivity index (χ2n) is 9.37. The van der Waals surface area contributed by atoms with Crippen molar-refractivity contribution in [2.75, 3.05) is 13.1 Å². The number of rotatable bonds is 5. The lowest BCUT2D eigenvalue weighted by molar-refractivity contribution is -0.162. The van der Waals surface area contributed by atoms with Crippen LogP contribution in [0, 0.1) is 23.7 Å². The predicted molar refractivity (Wildman–Crippen MR) is 120 cm³/mol. The van der Waals surface area contributed by atoms with Gasteiger partial charge in [-0.2, -0.15) is 13.1 Å². The van der Waals surface area contributed by atoms with Gasteiger partial charge in [-0.05, 0) is 55.6 Å². The molecule has 3 atom stereocenters. The summed E-state index contributed by atoms with van der Waals surface area (Å²) in [7, 11) is -3.68. The van der Waals surface area contributed by atoms with Crippen molar-refractivity contribution in [3.8, 4) is 0 Å². The van der Waals surface area contributed by atoms with Crippen LogP contribution in [0.1, 0.15) is 52.9 Å². The molecule has 2 aromatic rings. The highest BCUT2D eigenvalue weighted by Gasteiger charge is 2.37.